The highest BCUT2D eigenvalue weighted by atomic mass is 32.1. The van der Waals surface area contributed by atoms with Crippen LogP contribution in [0.4, 0.5) is 5.13 Å². The summed E-state index contributed by atoms with van der Waals surface area (Å²) < 4.78 is 5.64. The standard InChI is InChI=1S/C16H19N3O3S/c1-10-9-18-16(23-10)19-14(20)5-7-22-12-2-3-13-11(8-12)4-6-17-15(13)21/h2-3,8-9,15,17,21H,4-7H2,1H3,(H,18,19,20). The van der Waals surface area contributed by atoms with E-state index in [0.717, 1.165) is 34.7 Å². The summed E-state index contributed by atoms with van der Waals surface area (Å²) in [5.41, 5.74) is 1.97. The van der Waals surface area contributed by atoms with E-state index in [-0.39, 0.29) is 12.3 Å². The van der Waals surface area contributed by atoms with Gasteiger partial charge in [0.2, 0.25) is 5.91 Å². The highest BCUT2D eigenvalue weighted by Gasteiger charge is 2.17. The number of thiazole rings is 1. The van der Waals surface area contributed by atoms with Gasteiger partial charge in [0.1, 0.15) is 12.0 Å². The molecule has 3 N–H and O–H groups in total. The second kappa shape index (κ2) is 7.08. The van der Waals surface area contributed by atoms with Crippen LogP contribution in [0.1, 0.15) is 28.7 Å². The van der Waals surface area contributed by atoms with Crippen molar-refractivity contribution in [2.24, 2.45) is 0 Å². The van der Waals surface area contributed by atoms with Crippen molar-refractivity contribution in [3.63, 3.8) is 0 Å². The predicted molar refractivity (Wildman–Crippen MR) is 88.7 cm³/mol. The van der Waals surface area contributed by atoms with Crippen molar-refractivity contribution >= 4 is 22.4 Å². The van der Waals surface area contributed by atoms with E-state index in [1.54, 1.807) is 6.20 Å². The fraction of sp³-hybridized carbons (Fsp3) is 0.375. The predicted octanol–water partition coefficient (Wildman–Crippen LogP) is 2.00. The summed E-state index contributed by atoms with van der Waals surface area (Å²) in [4.78, 5) is 17.0. The molecule has 1 unspecified atom stereocenters. The zero-order chi connectivity index (χ0) is 16.2. The van der Waals surface area contributed by atoms with E-state index in [4.69, 9.17) is 4.74 Å². The summed E-state index contributed by atoms with van der Waals surface area (Å²) in [7, 11) is 0. The normalized spacial score (nSPS) is 16.7. The maximum Gasteiger partial charge on any atom is 0.229 e. The molecule has 0 radical (unpaired) electrons. The highest BCUT2D eigenvalue weighted by molar-refractivity contribution is 7.15. The van der Waals surface area contributed by atoms with E-state index < -0.39 is 6.23 Å². The van der Waals surface area contributed by atoms with Crippen LogP contribution in [0, 0.1) is 6.92 Å². The Morgan fingerprint density at radius 2 is 2.43 bits per heavy atom. The molecule has 0 saturated carbocycles. The second-order valence-electron chi connectivity index (χ2n) is 5.39. The first-order valence-corrected chi connectivity index (χ1v) is 8.33. The van der Waals surface area contributed by atoms with Crippen molar-refractivity contribution in [3.05, 3.63) is 40.4 Å². The number of fused-ring (bicyclic) bond motifs is 1. The minimum absolute atomic E-state index is 0.114. The van der Waals surface area contributed by atoms with Crippen molar-refractivity contribution in [1.82, 2.24) is 10.3 Å². The van der Waals surface area contributed by atoms with Gasteiger partial charge in [-0.3, -0.25) is 10.1 Å². The number of carbonyl (C=O) groups is 1. The molecule has 0 fully saturated rings. The summed E-state index contributed by atoms with van der Waals surface area (Å²) >= 11 is 1.45. The molecule has 1 aliphatic rings. The number of amides is 1. The second-order valence-corrected chi connectivity index (χ2v) is 6.62. The molecule has 122 valence electrons. The van der Waals surface area contributed by atoms with Crippen LogP contribution in [0.15, 0.2) is 24.4 Å². The number of rotatable bonds is 5. The van der Waals surface area contributed by atoms with E-state index >= 15 is 0 Å². The summed E-state index contributed by atoms with van der Waals surface area (Å²) in [6.07, 6.45) is 2.24. The van der Waals surface area contributed by atoms with Crippen LogP contribution in [-0.2, 0) is 11.2 Å². The van der Waals surface area contributed by atoms with Gasteiger partial charge in [-0.1, -0.05) is 6.07 Å². The maximum absolute atomic E-state index is 11.8. The molecule has 1 atom stereocenters. The molecule has 6 nitrogen and oxygen atoms in total. The Morgan fingerprint density at radius 1 is 1.57 bits per heavy atom. The first-order valence-electron chi connectivity index (χ1n) is 7.51. The molecular formula is C16H19N3O3S. The average molecular weight is 333 g/mol. The molecule has 0 spiro atoms. The van der Waals surface area contributed by atoms with Crippen LogP contribution in [0.2, 0.25) is 0 Å². The summed E-state index contributed by atoms with van der Waals surface area (Å²) in [6, 6.07) is 5.61. The van der Waals surface area contributed by atoms with Gasteiger partial charge in [0, 0.05) is 17.6 Å². The molecule has 3 rings (SSSR count). The Hall–Kier alpha value is -1.96. The van der Waals surface area contributed by atoms with Gasteiger partial charge < -0.3 is 15.2 Å². The molecular weight excluding hydrogens is 314 g/mol. The van der Waals surface area contributed by atoms with Crippen molar-refractivity contribution in [2.45, 2.75) is 26.0 Å². The van der Waals surface area contributed by atoms with Gasteiger partial charge in [0.05, 0.1) is 13.0 Å². The summed E-state index contributed by atoms with van der Waals surface area (Å²) in [6.45, 7) is 2.99. The lowest BCUT2D eigenvalue weighted by Gasteiger charge is -2.23. The third-order valence-electron chi connectivity index (χ3n) is 3.61. The van der Waals surface area contributed by atoms with Gasteiger partial charge in [0.15, 0.2) is 5.13 Å². The summed E-state index contributed by atoms with van der Waals surface area (Å²) in [5, 5.41) is 16.2. The topological polar surface area (TPSA) is 83.5 Å². The molecule has 2 heterocycles. The molecule has 0 saturated heterocycles. The van der Waals surface area contributed by atoms with Gasteiger partial charge in [-0.25, -0.2) is 4.98 Å². The Kier molecular flexibility index (Phi) is 4.90. The Morgan fingerprint density at radius 3 is 3.22 bits per heavy atom. The number of hydrogen-bond donors (Lipinski definition) is 3. The fourth-order valence-electron chi connectivity index (χ4n) is 2.46. The van der Waals surface area contributed by atoms with Gasteiger partial charge in [-0.05, 0) is 36.6 Å². The minimum atomic E-state index is -0.611. The highest BCUT2D eigenvalue weighted by Crippen LogP contribution is 2.25. The van der Waals surface area contributed by atoms with E-state index in [0.29, 0.717) is 11.7 Å². The van der Waals surface area contributed by atoms with Crippen molar-refractivity contribution in [1.29, 1.82) is 0 Å². The van der Waals surface area contributed by atoms with E-state index in [9.17, 15) is 9.90 Å². The number of ether oxygens (including phenoxy) is 1. The first-order chi connectivity index (χ1) is 11.1. The van der Waals surface area contributed by atoms with Gasteiger partial charge >= 0.3 is 0 Å². The number of aliphatic hydroxyl groups is 1. The SMILES string of the molecule is Cc1cnc(NC(=O)CCOc2ccc3c(c2)CCNC3O)s1. The monoisotopic (exact) mass is 333 g/mol. The largest absolute Gasteiger partial charge is 0.493 e. The van der Waals surface area contributed by atoms with Crippen LogP contribution in [0.5, 0.6) is 5.75 Å². The number of aryl methyl sites for hydroxylation is 1. The number of nitrogens with zero attached hydrogens (tertiary/aromatic N) is 1. The number of aromatic nitrogens is 1. The molecule has 0 aliphatic carbocycles. The van der Waals surface area contributed by atoms with E-state index in [1.807, 2.05) is 25.1 Å². The molecule has 7 heteroatoms. The lowest BCUT2D eigenvalue weighted by molar-refractivity contribution is -0.116. The third kappa shape index (κ3) is 4.07. The van der Waals surface area contributed by atoms with Gasteiger partial charge in [-0.2, -0.15) is 0 Å². The number of carbonyl (C=O) groups excluding carboxylic acids is 1. The number of nitrogens with one attached hydrogen (secondary N) is 2. The average Bonchev–Trinajstić information content (AvgIpc) is 2.92. The van der Waals surface area contributed by atoms with Crippen LogP contribution in [0.25, 0.3) is 0 Å². The number of hydrogen-bond acceptors (Lipinski definition) is 6. The molecule has 2 aromatic rings. The van der Waals surface area contributed by atoms with Gasteiger partial charge in [-0.15, -0.1) is 11.3 Å². The maximum atomic E-state index is 11.8. The van der Waals surface area contributed by atoms with Gasteiger partial charge in [0.25, 0.3) is 0 Å². The van der Waals surface area contributed by atoms with Crippen LogP contribution in [-0.4, -0.2) is 29.1 Å². The Labute approximate surface area is 138 Å². The number of benzene rings is 1. The Bertz CT molecular complexity index is 702. The van der Waals surface area contributed by atoms with E-state index in [1.165, 1.54) is 11.3 Å². The fourth-order valence-corrected chi connectivity index (χ4v) is 3.15. The quantitative estimate of drug-likeness (QED) is 0.779. The van der Waals surface area contributed by atoms with Crippen molar-refractivity contribution in [3.8, 4) is 5.75 Å². The van der Waals surface area contributed by atoms with Crippen molar-refractivity contribution in [2.75, 3.05) is 18.5 Å². The van der Waals surface area contributed by atoms with Crippen LogP contribution < -0.4 is 15.4 Å². The molecule has 0 bridgehead atoms. The van der Waals surface area contributed by atoms with Crippen LogP contribution >= 0.6 is 11.3 Å². The molecule has 1 aliphatic heterocycles. The smallest absolute Gasteiger partial charge is 0.229 e. The molecule has 1 amide bonds. The number of anilines is 1. The zero-order valence-electron chi connectivity index (χ0n) is 12.8. The number of aliphatic hydroxyl groups excluding tert-OH is 1. The lowest BCUT2D eigenvalue weighted by Crippen LogP contribution is -2.29. The lowest BCUT2D eigenvalue weighted by atomic mass is 9.99. The third-order valence-corrected chi connectivity index (χ3v) is 4.43. The van der Waals surface area contributed by atoms with E-state index in [2.05, 4.69) is 15.6 Å². The minimum Gasteiger partial charge on any atom is -0.493 e. The van der Waals surface area contributed by atoms with Crippen molar-refractivity contribution < 1.29 is 14.6 Å². The summed E-state index contributed by atoms with van der Waals surface area (Å²) in [5.74, 6) is 0.604. The first kappa shape index (κ1) is 15.9. The molecule has 23 heavy (non-hydrogen) atoms. The molecule has 1 aromatic carbocycles. The zero-order valence-corrected chi connectivity index (χ0v) is 13.7. The molecule has 1 aromatic heterocycles. The Balaban J connectivity index is 1.50. The van der Waals surface area contributed by atoms with Crippen LogP contribution in [0.3, 0.4) is 0 Å².